The van der Waals surface area contributed by atoms with Crippen molar-refractivity contribution < 1.29 is 4.74 Å². The number of aryl methyl sites for hydroxylation is 1. The molecule has 0 N–H and O–H groups in total. The smallest absolute Gasteiger partial charge is 0.0722 e. The van der Waals surface area contributed by atoms with Crippen LogP contribution in [0.3, 0.4) is 0 Å². The average molecular weight is 176 g/mol. The van der Waals surface area contributed by atoms with Crippen LogP contribution in [0.5, 0.6) is 0 Å². The maximum absolute atomic E-state index is 5.57. The number of hydrogen-bond donors (Lipinski definition) is 0. The Balaban J connectivity index is 2.47. The highest BCUT2D eigenvalue weighted by atomic mass is 16.5. The molecule has 13 heavy (non-hydrogen) atoms. The van der Waals surface area contributed by atoms with E-state index < -0.39 is 0 Å². The molecule has 0 spiro atoms. The molecule has 1 nitrogen and oxygen atoms in total. The minimum atomic E-state index is 0.650. The summed E-state index contributed by atoms with van der Waals surface area (Å²) in [6.45, 7) is 6.15. The summed E-state index contributed by atoms with van der Waals surface area (Å²) in [6.07, 6.45) is 1.15. The predicted molar refractivity (Wildman–Crippen MR) is 53.9 cm³/mol. The van der Waals surface area contributed by atoms with E-state index in [4.69, 9.17) is 4.74 Å². The highest BCUT2D eigenvalue weighted by molar-refractivity contribution is 5.36. The molecule has 1 unspecified atom stereocenters. The van der Waals surface area contributed by atoms with Gasteiger partial charge in [-0.05, 0) is 36.0 Å². The Morgan fingerprint density at radius 1 is 1.38 bits per heavy atom. The second kappa shape index (κ2) is 3.51. The standard InChI is InChI=1S/C12H16O/c1-9-4-3-5-11-10(2)6-7-13-8-12(9)11/h3-5,10H,6-8H2,1-2H3. The van der Waals surface area contributed by atoms with E-state index in [0.29, 0.717) is 5.92 Å². The maximum Gasteiger partial charge on any atom is 0.0722 e. The largest absolute Gasteiger partial charge is 0.377 e. The molecule has 1 aromatic rings. The lowest BCUT2D eigenvalue weighted by molar-refractivity contribution is 0.122. The van der Waals surface area contributed by atoms with Gasteiger partial charge in [0, 0.05) is 6.61 Å². The quantitative estimate of drug-likeness (QED) is 0.590. The summed E-state index contributed by atoms with van der Waals surface area (Å²) in [4.78, 5) is 0. The average Bonchev–Trinajstić information content (AvgIpc) is 2.30. The van der Waals surface area contributed by atoms with Gasteiger partial charge in [0.15, 0.2) is 0 Å². The van der Waals surface area contributed by atoms with Crippen molar-refractivity contribution >= 4 is 0 Å². The van der Waals surface area contributed by atoms with Crippen molar-refractivity contribution in [3.63, 3.8) is 0 Å². The van der Waals surface area contributed by atoms with Crippen LogP contribution in [0, 0.1) is 6.92 Å². The van der Waals surface area contributed by atoms with Crippen molar-refractivity contribution in [3.05, 3.63) is 34.9 Å². The van der Waals surface area contributed by atoms with Gasteiger partial charge in [0.2, 0.25) is 0 Å². The maximum atomic E-state index is 5.57. The summed E-state index contributed by atoms with van der Waals surface area (Å²) in [6, 6.07) is 6.55. The van der Waals surface area contributed by atoms with E-state index in [9.17, 15) is 0 Å². The minimum Gasteiger partial charge on any atom is -0.377 e. The Morgan fingerprint density at radius 2 is 2.23 bits per heavy atom. The van der Waals surface area contributed by atoms with E-state index in [-0.39, 0.29) is 0 Å². The molecule has 1 heterocycles. The Kier molecular flexibility index (Phi) is 2.36. The molecule has 2 rings (SSSR count). The third-order valence-electron chi connectivity index (χ3n) is 2.92. The molecule has 0 fully saturated rings. The van der Waals surface area contributed by atoms with Crippen LogP contribution in [0.2, 0.25) is 0 Å². The summed E-state index contributed by atoms with van der Waals surface area (Å²) < 4.78 is 5.57. The lowest BCUT2D eigenvalue weighted by Crippen LogP contribution is -1.97. The molecular formula is C12H16O. The van der Waals surface area contributed by atoms with Gasteiger partial charge in [-0.25, -0.2) is 0 Å². The van der Waals surface area contributed by atoms with Gasteiger partial charge < -0.3 is 4.74 Å². The fraction of sp³-hybridized carbons (Fsp3) is 0.500. The van der Waals surface area contributed by atoms with Crippen LogP contribution >= 0.6 is 0 Å². The van der Waals surface area contributed by atoms with Gasteiger partial charge in [-0.2, -0.15) is 0 Å². The second-order valence-electron chi connectivity index (χ2n) is 3.88. The number of ether oxygens (including phenoxy) is 1. The molecule has 1 aliphatic rings. The molecule has 0 amide bonds. The number of benzene rings is 1. The second-order valence-corrected chi connectivity index (χ2v) is 3.88. The van der Waals surface area contributed by atoms with E-state index in [1.807, 2.05) is 0 Å². The van der Waals surface area contributed by atoms with Crippen LogP contribution in [0.25, 0.3) is 0 Å². The molecule has 0 radical (unpaired) electrons. The summed E-state index contributed by atoms with van der Waals surface area (Å²) in [5.41, 5.74) is 4.26. The van der Waals surface area contributed by atoms with Gasteiger partial charge in [0.25, 0.3) is 0 Å². The zero-order chi connectivity index (χ0) is 9.26. The lowest BCUT2D eigenvalue weighted by Gasteiger charge is -2.12. The molecule has 1 heteroatoms. The first-order chi connectivity index (χ1) is 6.29. The van der Waals surface area contributed by atoms with Crippen LogP contribution < -0.4 is 0 Å². The highest BCUT2D eigenvalue weighted by Crippen LogP contribution is 2.28. The van der Waals surface area contributed by atoms with Gasteiger partial charge in [0.1, 0.15) is 0 Å². The van der Waals surface area contributed by atoms with Gasteiger partial charge in [0.05, 0.1) is 6.61 Å². The summed E-state index contributed by atoms with van der Waals surface area (Å²) in [5, 5.41) is 0. The first-order valence-corrected chi connectivity index (χ1v) is 4.95. The Hall–Kier alpha value is -0.820. The number of fused-ring (bicyclic) bond motifs is 1. The number of hydrogen-bond acceptors (Lipinski definition) is 1. The van der Waals surface area contributed by atoms with Gasteiger partial charge >= 0.3 is 0 Å². The van der Waals surface area contributed by atoms with Crippen molar-refractivity contribution in [1.29, 1.82) is 0 Å². The van der Waals surface area contributed by atoms with Crippen LogP contribution in [-0.2, 0) is 11.3 Å². The van der Waals surface area contributed by atoms with Crippen LogP contribution in [0.4, 0.5) is 0 Å². The van der Waals surface area contributed by atoms with Crippen molar-refractivity contribution in [2.75, 3.05) is 6.61 Å². The van der Waals surface area contributed by atoms with Crippen molar-refractivity contribution in [2.45, 2.75) is 32.8 Å². The van der Waals surface area contributed by atoms with E-state index >= 15 is 0 Å². The predicted octanol–water partition coefficient (Wildman–Crippen LogP) is 3.02. The van der Waals surface area contributed by atoms with Crippen LogP contribution in [0.1, 0.15) is 36.0 Å². The van der Waals surface area contributed by atoms with Crippen molar-refractivity contribution in [3.8, 4) is 0 Å². The lowest BCUT2D eigenvalue weighted by atomic mass is 9.92. The molecule has 1 atom stereocenters. The Morgan fingerprint density at radius 3 is 3.08 bits per heavy atom. The van der Waals surface area contributed by atoms with E-state index in [0.717, 1.165) is 19.6 Å². The molecule has 0 aliphatic carbocycles. The Labute approximate surface area is 79.7 Å². The summed E-state index contributed by atoms with van der Waals surface area (Å²) in [5.74, 6) is 0.650. The molecule has 0 bridgehead atoms. The van der Waals surface area contributed by atoms with E-state index in [1.54, 1.807) is 0 Å². The number of rotatable bonds is 0. The van der Waals surface area contributed by atoms with E-state index in [1.165, 1.54) is 16.7 Å². The van der Waals surface area contributed by atoms with E-state index in [2.05, 4.69) is 32.0 Å². The minimum absolute atomic E-state index is 0.650. The molecule has 0 aromatic heterocycles. The fourth-order valence-corrected chi connectivity index (χ4v) is 1.97. The van der Waals surface area contributed by atoms with Crippen molar-refractivity contribution in [1.82, 2.24) is 0 Å². The fourth-order valence-electron chi connectivity index (χ4n) is 1.97. The summed E-state index contributed by atoms with van der Waals surface area (Å²) in [7, 11) is 0. The third-order valence-corrected chi connectivity index (χ3v) is 2.92. The zero-order valence-corrected chi connectivity index (χ0v) is 8.34. The zero-order valence-electron chi connectivity index (χ0n) is 8.34. The molecule has 0 saturated carbocycles. The third kappa shape index (κ3) is 1.61. The van der Waals surface area contributed by atoms with Crippen LogP contribution in [0.15, 0.2) is 18.2 Å². The first kappa shape index (κ1) is 8.76. The highest BCUT2D eigenvalue weighted by Gasteiger charge is 2.15. The van der Waals surface area contributed by atoms with Gasteiger partial charge in [-0.1, -0.05) is 25.1 Å². The molecule has 1 aromatic carbocycles. The SMILES string of the molecule is Cc1cccc2c1COCCC2C. The molecule has 70 valence electrons. The molecule has 1 aliphatic heterocycles. The molecular weight excluding hydrogens is 160 g/mol. The summed E-state index contributed by atoms with van der Waals surface area (Å²) >= 11 is 0. The normalized spacial score (nSPS) is 22.2. The monoisotopic (exact) mass is 176 g/mol. The molecule has 0 saturated heterocycles. The van der Waals surface area contributed by atoms with Crippen molar-refractivity contribution in [2.24, 2.45) is 0 Å². The first-order valence-electron chi connectivity index (χ1n) is 4.95. The Bertz CT molecular complexity index is 304. The topological polar surface area (TPSA) is 9.23 Å². The van der Waals surface area contributed by atoms with Gasteiger partial charge in [-0.15, -0.1) is 0 Å². The van der Waals surface area contributed by atoms with Gasteiger partial charge in [-0.3, -0.25) is 0 Å². The van der Waals surface area contributed by atoms with Crippen LogP contribution in [-0.4, -0.2) is 6.61 Å².